The average molecular weight is 292 g/mol. The summed E-state index contributed by atoms with van der Waals surface area (Å²) in [6.45, 7) is 1.95. The second-order valence-corrected chi connectivity index (χ2v) is 6.64. The Balaban J connectivity index is 1.92. The second kappa shape index (κ2) is 5.99. The molecular formula is C14H20N4OS. The van der Waals surface area contributed by atoms with Crippen molar-refractivity contribution in [3.05, 3.63) is 17.5 Å². The van der Waals surface area contributed by atoms with E-state index in [1.807, 2.05) is 11.8 Å². The molecule has 1 aliphatic heterocycles. The summed E-state index contributed by atoms with van der Waals surface area (Å²) in [5.41, 5.74) is 6.85. The van der Waals surface area contributed by atoms with Crippen LogP contribution in [0, 0.1) is 0 Å². The van der Waals surface area contributed by atoms with Gasteiger partial charge in [-0.3, -0.25) is 4.79 Å². The average Bonchev–Trinajstić information content (AvgIpc) is 3.01. The number of hydrogen-bond acceptors (Lipinski definition) is 5. The molecule has 5 nitrogen and oxygen atoms in total. The first kappa shape index (κ1) is 13.7. The Morgan fingerprint density at radius 1 is 1.30 bits per heavy atom. The van der Waals surface area contributed by atoms with Gasteiger partial charge in [-0.25, -0.2) is 9.97 Å². The van der Waals surface area contributed by atoms with Crippen LogP contribution in [0.2, 0.25) is 0 Å². The van der Waals surface area contributed by atoms with E-state index >= 15 is 0 Å². The largest absolute Gasteiger partial charge is 0.365 e. The van der Waals surface area contributed by atoms with Crippen molar-refractivity contribution in [1.29, 1.82) is 0 Å². The molecule has 2 aliphatic rings. The lowest BCUT2D eigenvalue weighted by Crippen LogP contribution is -2.34. The zero-order valence-corrected chi connectivity index (χ0v) is 12.4. The molecule has 108 valence electrons. The Bertz CT molecular complexity index is 496. The van der Waals surface area contributed by atoms with Gasteiger partial charge in [0.2, 0.25) is 5.95 Å². The molecule has 1 aromatic heterocycles. The molecule has 1 saturated carbocycles. The minimum Gasteiger partial charge on any atom is -0.365 e. The summed E-state index contributed by atoms with van der Waals surface area (Å²) in [5.74, 6) is 2.95. The van der Waals surface area contributed by atoms with E-state index in [0.717, 1.165) is 49.1 Å². The summed E-state index contributed by atoms with van der Waals surface area (Å²) < 4.78 is 0. The number of carbonyl (C=O) groups is 1. The lowest BCUT2D eigenvalue weighted by molar-refractivity contribution is 0.0998. The number of nitrogens with two attached hydrogens (primary N) is 1. The summed E-state index contributed by atoms with van der Waals surface area (Å²) in [7, 11) is 0. The number of hydrogen-bond donors (Lipinski definition) is 1. The van der Waals surface area contributed by atoms with Crippen LogP contribution < -0.4 is 10.6 Å². The Hall–Kier alpha value is -1.30. The highest BCUT2D eigenvalue weighted by atomic mass is 32.2. The van der Waals surface area contributed by atoms with Crippen molar-refractivity contribution < 1.29 is 4.79 Å². The molecule has 6 heteroatoms. The van der Waals surface area contributed by atoms with Gasteiger partial charge in [-0.05, 0) is 12.8 Å². The van der Waals surface area contributed by atoms with E-state index < -0.39 is 5.91 Å². The number of amides is 1. The van der Waals surface area contributed by atoms with Gasteiger partial charge in [-0.15, -0.1) is 0 Å². The molecule has 0 atom stereocenters. The number of carbonyl (C=O) groups excluding carboxylic acids is 1. The van der Waals surface area contributed by atoms with E-state index in [0.29, 0.717) is 11.5 Å². The zero-order valence-electron chi connectivity index (χ0n) is 11.5. The van der Waals surface area contributed by atoms with Crippen molar-refractivity contribution in [3.8, 4) is 0 Å². The summed E-state index contributed by atoms with van der Waals surface area (Å²) in [5, 5.41) is 0. The third-order valence-corrected chi connectivity index (χ3v) is 5.05. The van der Waals surface area contributed by atoms with E-state index in [9.17, 15) is 4.79 Å². The minimum absolute atomic E-state index is 0.374. The molecule has 3 rings (SSSR count). The molecule has 2 fully saturated rings. The van der Waals surface area contributed by atoms with Gasteiger partial charge in [0, 0.05) is 36.7 Å². The maximum Gasteiger partial charge on any atom is 0.252 e. The minimum atomic E-state index is -0.410. The fourth-order valence-electron chi connectivity index (χ4n) is 3.00. The van der Waals surface area contributed by atoms with Crippen LogP contribution in [-0.4, -0.2) is 40.5 Å². The zero-order chi connectivity index (χ0) is 13.9. The predicted molar refractivity (Wildman–Crippen MR) is 81.3 cm³/mol. The lowest BCUT2D eigenvalue weighted by atomic mass is 9.99. The normalized spacial score (nSPS) is 20.3. The van der Waals surface area contributed by atoms with Gasteiger partial charge in [-0.2, -0.15) is 11.8 Å². The number of primary amides is 1. The van der Waals surface area contributed by atoms with Crippen molar-refractivity contribution in [2.24, 2.45) is 5.73 Å². The fourth-order valence-corrected chi connectivity index (χ4v) is 3.90. The molecule has 1 amide bonds. The van der Waals surface area contributed by atoms with Crippen LogP contribution in [0.1, 0.15) is 47.7 Å². The van der Waals surface area contributed by atoms with Crippen molar-refractivity contribution >= 4 is 23.6 Å². The first-order valence-electron chi connectivity index (χ1n) is 7.25. The van der Waals surface area contributed by atoms with Crippen LogP contribution in [0.3, 0.4) is 0 Å². The van der Waals surface area contributed by atoms with E-state index in [4.69, 9.17) is 10.7 Å². The fraction of sp³-hybridized carbons (Fsp3) is 0.643. The first-order valence-corrected chi connectivity index (χ1v) is 8.40. The number of rotatable bonds is 3. The van der Waals surface area contributed by atoms with Crippen LogP contribution in [0.15, 0.2) is 6.20 Å². The van der Waals surface area contributed by atoms with Crippen LogP contribution in [0.5, 0.6) is 0 Å². The third-order valence-electron chi connectivity index (χ3n) is 4.11. The molecule has 0 radical (unpaired) electrons. The number of anilines is 1. The highest BCUT2D eigenvalue weighted by Gasteiger charge is 2.25. The number of nitrogens with zero attached hydrogens (tertiary/aromatic N) is 3. The maximum absolute atomic E-state index is 11.6. The van der Waals surface area contributed by atoms with E-state index in [-0.39, 0.29) is 0 Å². The molecule has 20 heavy (non-hydrogen) atoms. The molecule has 2 heterocycles. The molecule has 0 unspecified atom stereocenters. The van der Waals surface area contributed by atoms with Crippen molar-refractivity contribution in [2.75, 3.05) is 29.5 Å². The van der Waals surface area contributed by atoms with E-state index in [1.165, 1.54) is 12.8 Å². The highest BCUT2D eigenvalue weighted by Crippen LogP contribution is 2.35. The Labute approximate surface area is 123 Å². The SMILES string of the molecule is NC(=O)c1cnc(N2CCSCC2)nc1C1CCCC1. The molecule has 2 N–H and O–H groups in total. The summed E-state index contributed by atoms with van der Waals surface area (Å²) in [6, 6.07) is 0. The van der Waals surface area contributed by atoms with Crippen LogP contribution in [0.25, 0.3) is 0 Å². The quantitative estimate of drug-likeness (QED) is 0.919. The van der Waals surface area contributed by atoms with Crippen LogP contribution in [0.4, 0.5) is 5.95 Å². The van der Waals surface area contributed by atoms with Crippen molar-refractivity contribution in [2.45, 2.75) is 31.6 Å². The Morgan fingerprint density at radius 3 is 2.65 bits per heavy atom. The summed E-state index contributed by atoms with van der Waals surface area (Å²) >= 11 is 1.96. The van der Waals surface area contributed by atoms with Gasteiger partial charge in [0.05, 0.1) is 11.3 Å². The molecule has 1 saturated heterocycles. The number of aromatic nitrogens is 2. The van der Waals surface area contributed by atoms with Gasteiger partial charge < -0.3 is 10.6 Å². The third kappa shape index (κ3) is 2.75. The highest BCUT2D eigenvalue weighted by molar-refractivity contribution is 7.99. The van der Waals surface area contributed by atoms with Crippen LogP contribution >= 0.6 is 11.8 Å². The smallest absolute Gasteiger partial charge is 0.252 e. The Morgan fingerprint density at radius 2 is 2.00 bits per heavy atom. The first-order chi connectivity index (χ1) is 9.75. The summed E-state index contributed by atoms with van der Waals surface area (Å²) in [6.07, 6.45) is 6.25. The van der Waals surface area contributed by atoms with Crippen molar-refractivity contribution in [3.63, 3.8) is 0 Å². The predicted octanol–water partition coefficient (Wildman–Crippen LogP) is 1.79. The molecule has 0 bridgehead atoms. The standard InChI is InChI=1S/C14H20N4OS/c15-13(19)11-9-16-14(18-5-7-20-8-6-18)17-12(11)10-3-1-2-4-10/h9-10H,1-8H2,(H2,15,19). The molecule has 0 aromatic carbocycles. The summed E-state index contributed by atoms with van der Waals surface area (Å²) in [4.78, 5) is 22.9. The van der Waals surface area contributed by atoms with Crippen LogP contribution in [-0.2, 0) is 0 Å². The van der Waals surface area contributed by atoms with E-state index in [2.05, 4.69) is 9.88 Å². The lowest BCUT2D eigenvalue weighted by Gasteiger charge is -2.27. The van der Waals surface area contributed by atoms with Gasteiger partial charge in [0.1, 0.15) is 0 Å². The second-order valence-electron chi connectivity index (χ2n) is 5.41. The monoisotopic (exact) mass is 292 g/mol. The van der Waals surface area contributed by atoms with Crippen molar-refractivity contribution in [1.82, 2.24) is 9.97 Å². The molecule has 0 spiro atoms. The molecular weight excluding hydrogens is 272 g/mol. The Kier molecular flexibility index (Phi) is 4.10. The van der Waals surface area contributed by atoms with Gasteiger partial charge in [0.25, 0.3) is 5.91 Å². The molecule has 1 aromatic rings. The maximum atomic E-state index is 11.6. The molecule has 1 aliphatic carbocycles. The topological polar surface area (TPSA) is 72.1 Å². The number of thioether (sulfide) groups is 1. The van der Waals surface area contributed by atoms with Gasteiger partial charge >= 0.3 is 0 Å². The van der Waals surface area contributed by atoms with Gasteiger partial charge in [-0.1, -0.05) is 12.8 Å². The van der Waals surface area contributed by atoms with E-state index in [1.54, 1.807) is 6.20 Å². The van der Waals surface area contributed by atoms with Gasteiger partial charge in [0.15, 0.2) is 0 Å².